The van der Waals surface area contributed by atoms with E-state index in [4.69, 9.17) is 0 Å². The fourth-order valence-corrected chi connectivity index (χ4v) is 2.40. The molecule has 0 aliphatic heterocycles. The summed E-state index contributed by atoms with van der Waals surface area (Å²) in [5, 5.41) is 5.60. The zero-order valence-electron chi connectivity index (χ0n) is 14.5. The van der Waals surface area contributed by atoms with Gasteiger partial charge in [0.1, 0.15) is 11.9 Å². The second-order valence-electron chi connectivity index (χ2n) is 6.16. The van der Waals surface area contributed by atoms with E-state index in [2.05, 4.69) is 15.6 Å². The van der Waals surface area contributed by atoms with Crippen LogP contribution in [0.25, 0.3) is 0 Å². The number of hydrogen-bond acceptors (Lipinski definition) is 3. The summed E-state index contributed by atoms with van der Waals surface area (Å²) in [6.45, 7) is 7.52. The van der Waals surface area contributed by atoms with Crippen LogP contribution in [0.3, 0.4) is 0 Å². The third kappa shape index (κ3) is 4.41. The molecule has 1 unspecified atom stereocenters. The summed E-state index contributed by atoms with van der Waals surface area (Å²) < 4.78 is 0. The molecule has 1 aromatic carbocycles. The zero-order valence-corrected chi connectivity index (χ0v) is 14.5. The van der Waals surface area contributed by atoms with E-state index < -0.39 is 6.04 Å². The van der Waals surface area contributed by atoms with Crippen LogP contribution in [0.15, 0.2) is 42.5 Å². The molecule has 0 saturated carbocycles. The highest BCUT2D eigenvalue weighted by molar-refractivity contribution is 6.01. The van der Waals surface area contributed by atoms with Gasteiger partial charge in [0.25, 0.3) is 5.91 Å². The van der Waals surface area contributed by atoms with Crippen LogP contribution in [0.4, 0.5) is 5.82 Å². The second-order valence-corrected chi connectivity index (χ2v) is 6.16. The molecule has 0 radical (unpaired) electrons. The molecule has 1 aromatic heterocycles. The predicted molar refractivity (Wildman–Crippen MR) is 94.9 cm³/mol. The van der Waals surface area contributed by atoms with Crippen molar-refractivity contribution in [1.82, 2.24) is 10.3 Å². The average Bonchev–Trinajstić information content (AvgIpc) is 2.52. The van der Waals surface area contributed by atoms with E-state index in [1.807, 2.05) is 58.0 Å². The number of carbonyl (C=O) groups is 2. The molecule has 1 atom stereocenters. The number of rotatable bonds is 5. The highest BCUT2D eigenvalue weighted by atomic mass is 16.2. The van der Waals surface area contributed by atoms with Crippen molar-refractivity contribution in [2.45, 2.75) is 33.7 Å². The van der Waals surface area contributed by atoms with Gasteiger partial charge in [0.05, 0.1) is 0 Å². The number of carbonyl (C=O) groups excluding carboxylic acids is 2. The predicted octanol–water partition coefficient (Wildman–Crippen LogP) is 3.09. The lowest BCUT2D eigenvalue weighted by Gasteiger charge is -2.22. The van der Waals surface area contributed by atoms with Crippen LogP contribution in [0, 0.1) is 19.8 Å². The van der Waals surface area contributed by atoms with Crippen LogP contribution in [0.5, 0.6) is 0 Å². The number of aryl methyl sites for hydroxylation is 2. The molecule has 0 bridgehead atoms. The molecule has 1 heterocycles. The lowest BCUT2D eigenvalue weighted by atomic mass is 10.0. The van der Waals surface area contributed by atoms with Crippen molar-refractivity contribution >= 4 is 17.6 Å². The summed E-state index contributed by atoms with van der Waals surface area (Å²) in [4.78, 5) is 29.3. The molecule has 2 aromatic rings. The molecule has 2 amide bonds. The first-order valence-corrected chi connectivity index (χ1v) is 7.99. The number of amides is 2. The van der Waals surface area contributed by atoms with Gasteiger partial charge in [-0.2, -0.15) is 0 Å². The summed E-state index contributed by atoms with van der Waals surface area (Å²) in [7, 11) is 0. The Hall–Kier alpha value is -2.69. The molecule has 0 aliphatic carbocycles. The van der Waals surface area contributed by atoms with E-state index in [-0.39, 0.29) is 17.7 Å². The standard InChI is InChI=1S/C19H23N3O2/c1-12(2)17(19(24)21-16-11-7-9-14(4)20-16)22-18(23)15-10-6-5-8-13(15)3/h5-12,17H,1-4H3,(H,22,23)(H,20,21,24). The van der Waals surface area contributed by atoms with Crippen LogP contribution < -0.4 is 10.6 Å². The van der Waals surface area contributed by atoms with Gasteiger partial charge in [0.15, 0.2) is 0 Å². The van der Waals surface area contributed by atoms with Crippen LogP contribution in [-0.4, -0.2) is 22.8 Å². The number of hydrogen-bond donors (Lipinski definition) is 2. The molecule has 0 spiro atoms. The molecule has 0 saturated heterocycles. The van der Waals surface area contributed by atoms with E-state index in [0.29, 0.717) is 11.4 Å². The lowest BCUT2D eigenvalue weighted by Crippen LogP contribution is -2.47. The fourth-order valence-electron chi connectivity index (χ4n) is 2.40. The number of nitrogens with one attached hydrogen (secondary N) is 2. The molecule has 126 valence electrons. The minimum atomic E-state index is -0.639. The summed E-state index contributed by atoms with van der Waals surface area (Å²) >= 11 is 0. The summed E-state index contributed by atoms with van der Waals surface area (Å²) in [5.74, 6) is -0.0947. The van der Waals surface area contributed by atoms with Gasteiger partial charge in [-0.25, -0.2) is 4.98 Å². The number of anilines is 1. The minimum absolute atomic E-state index is 0.0530. The molecule has 0 aliphatic rings. The van der Waals surface area contributed by atoms with Crippen LogP contribution in [0.2, 0.25) is 0 Å². The third-order valence-corrected chi connectivity index (χ3v) is 3.77. The quantitative estimate of drug-likeness (QED) is 0.887. The second kappa shape index (κ2) is 7.73. The molecule has 0 fully saturated rings. The first kappa shape index (κ1) is 17.7. The number of benzene rings is 1. The van der Waals surface area contributed by atoms with Crippen molar-refractivity contribution in [1.29, 1.82) is 0 Å². The zero-order chi connectivity index (χ0) is 17.7. The Morgan fingerprint density at radius 1 is 1.00 bits per heavy atom. The van der Waals surface area contributed by atoms with Gasteiger partial charge in [-0.15, -0.1) is 0 Å². The topological polar surface area (TPSA) is 71.1 Å². The van der Waals surface area contributed by atoms with Crippen molar-refractivity contribution in [2.75, 3.05) is 5.32 Å². The SMILES string of the molecule is Cc1cccc(NC(=O)C(NC(=O)c2ccccc2C)C(C)C)n1. The smallest absolute Gasteiger partial charge is 0.252 e. The average molecular weight is 325 g/mol. The lowest BCUT2D eigenvalue weighted by molar-refractivity contribution is -0.118. The highest BCUT2D eigenvalue weighted by Gasteiger charge is 2.25. The molecule has 5 heteroatoms. The number of pyridine rings is 1. The molecule has 24 heavy (non-hydrogen) atoms. The van der Waals surface area contributed by atoms with Crippen molar-refractivity contribution in [3.63, 3.8) is 0 Å². The molecular weight excluding hydrogens is 302 g/mol. The Bertz CT molecular complexity index is 741. The van der Waals surface area contributed by atoms with Crippen molar-refractivity contribution in [2.24, 2.45) is 5.92 Å². The molecule has 2 rings (SSSR count). The highest BCUT2D eigenvalue weighted by Crippen LogP contribution is 2.11. The van der Waals surface area contributed by atoms with Gasteiger partial charge in [0, 0.05) is 11.3 Å². The van der Waals surface area contributed by atoms with E-state index >= 15 is 0 Å². The maximum absolute atomic E-state index is 12.6. The Labute approximate surface area is 142 Å². The van der Waals surface area contributed by atoms with Gasteiger partial charge in [0.2, 0.25) is 5.91 Å². The van der Waals surface area contributed by atoms with E-state index in [1.54, 1.807) is 12.1 Å². The Kier molecular flexibility index (Phi) is 5.68. The summed E-state index contributed by atoms with van der Waals surface area (Å²) in [5.41, 5.74) is 2.26. The largest absolute Gasteiger partial charge is 0.340 e. The van der Waals surface area contributed by atoms with Gasteiger partial charge < -0.3 is 10.6 Å². The normalized spacial score (nSPS) is 11.9. The first-order valence-electron chi connectivity index (χ1n) is 7.99. The molecule has 5 nitrogen and oxygen atoms in total. The Balaban J connectivity index is 2.13. The van der Waals surface area contributed by atoms with Crippen LogP contribution in [0.1, 0.15) is 35.5 Å². The van der Waals surface area contributed by atoms with Crippen molar-refractivity contribution in [3.8, 4) is 0 Å². The molecule has 2 N–H and O–H groups in total. The van der Waals surface area contributed by atoms with Crippen LogP contribution >= 0.6 is 0 Å². The summed E-state index contributed by atoms with van der Waals surface area (Å²) in [6, 6.07) is 12.1. The van der Waals surface area contributed by atoms with Crippen LogP contribution in [-0.2, 0) is 4.79 Å². The third-order valence-electron chi connectivity index (χ3n) is 3.77. The van der Waals surface area contributed by atoms with E-state index in [0.717, 1.165) is 11.3 Å². The maximum Gasteiger partial charge on any atom is 0.252 e. The van der Waals surface area contributed by atoms with Crippen molar-refractivity contribution < 1.29 is 9.59 Å². The fraction of sp³-hybridized carbons (Fsp3) is 0.316. The van der Waals surface area contributed by atoms with Gasteiger partial charge >= 0.3 is 0 Å². The number of aromatic nitrogens is 1. The van der Waals surface area contributed by atoms with Gasteiger partial charge in [-0.3, -0.25) is 9.59 Å². The van der Waals surface area contributed by atoms with E-state index in [1.165, 1.54) is 0 Å². The maximum atomic E-state index is 12.6. The van der Waals surface area contributed by atoms with Gasteiger partial charge in [-0.1, -0.05) is 38.1 Å². The van der Waals surface area contributed by atoms with Gasteiger partial charge in [-0.05, 0) is 43.5 Å². The Morgan fingerprint density at radius 3 is 2.33 bits per heavy atom. The monoisotopic (exact) mass is 325 g/mol. The minimum Gasteiger partial charge on any atom is -0.340 e. The molecular formula is C19H23N3O2. The number of nitrogens with zero attached hydrogens (tertiary/aromatic N) is 1. The first-order chi connectivity index (χ1) is 11.4. The van der Waals surface area contributed by atoms with Crippen molar-refractivity contribution in [3.05, 3.63) is 59.3 Å². The Morgan fingerprint density at radius 2 is 1.71 bits per heavy atom. The van der Waals surface area contributed by atoms with E-state index in [9.17, 15) is 9.59 Å². The summed E-state index contributed by atoms with van der Waals surface area (Å²) in [6.07, 6.45) is 0.